The number of ether oxygens (including phenoxy) is 2. The lowest BCUT2D eigenvalue weighted by Crippen LogP contribution is -2.25. The zero-order valence-electron chi connectivity index (χ0n) is 14.3. The Bertz CT molecular complexity index is 935. The Morgan fingerprint density at radius 3 is 2.92 bits per heavy atom. The number of carboxylic acids is 1. The third-order valence-corrected chi connectivity index (χ3v) is 3.59. The Hall–Kier alpha value is -3.01. The lowest BCUT2D eigenvalue weighted by atomic mass is 10.2. The van der Waals surface area contributed by atoms with Crippen molar-refractivity contribution >= 4 is 24.4 Å². The number of nitrogens with one attached hydrogen (secondary N) is 1. The van der Waals surface area contributed by atoms with E-state index >= 15 is 0 Å². The van der Waals surface area contributed by atoms with Crippen LogP contribution in [0.4, 0.5) is 0 Å². The molecule has 0 saturated heterocycles. The third kappa shape index (κ3) is 4.54. The Labute approximate surface area is 153 Å². The number of aromatic nitrogens is 3. The molecule has 0 radical (unpaired) electrons. The number of benzene rings is 1. The van der Waals surface area contributed by atoms with Gasteiger partial charge in [-0.2, -0.15) is 14.9 Å². The van der Waals surface area contributed by atoms with Crippen LogP contribution < -0.4 is 15.0 Å². The fourth-order valence-corrected chi connectivity index (χ4v) is 2.31. The highest BCUT2D eigenvalue weighted by Crippen LogP contribution is 2.29. The second kappa shape index (κ2) is 8.90. The first-order chi connectivity index (χ1) is 12.5. The smallest absolute Gasteiger partial charge is 0.303 e. The molecule has 0 amide bonds. The fourth-order valence-electron chi connectivity index (χ4n) is 2.13. The predicted octanol–water partition coefficient (Wildman–Crippen LogP) is 1.61. The van der Waals surface area contributed by atoms with Crippen molar-refractivity contribution in [2.24, 2.45) is 5.10 Å². The van der Waals surface area contributed by atoms with Crippen molar-refractivity contribution in [2.45, 2.75) is 19.8 Å². The second-order valence-electron chi connectivity index (χ2n) is 5.04. The average Bonchev–Trinajstić information content (AvgIpc) is 2.62. The molecule has 0 saturated carbocycles. The molecule has 2 aromatic rings. The number of aliphatic carboxylic acids is 1. The van der Waals surface area contributed by atoms with Gasteiger partial charge in [-0.15, -0.1) is 0 Å². The number of nitrogens with zero attached hydrogens (tertiary/aromatic N) is 3. The molecule has 0 atom stereocenters. The van der Waals surface area contributed by atoms with E-state index in [2.05, 4.69) is 15.3 Å². The van der Waals surface area contributed by atoms with Crippen molar-refractivity contribution in [1.29, 1.82) is 0 Å². The minimum Gasteiger partial charge on any atom is -0.493 e. The Balaban J connectivity index is 2.42. The molecule has 9 nitrogen and oxygen atoms in total. The molecule has 2 rings (SSSR count). The number of aryl methyl sites for hydroxylation is 1. The van der Waals surface area contributed by atoms with Gasteiger partial charge in [-0.25, -0.2) is 0 Å². The standard InChI is InChI=1S/C16H18N4O5S/c1-3-25-14-10(5-4-6-12(14)24-2)9-17-20-15(23)11(7-8-13(21)22)18-19-16(20)26/h4-6,9H,3,7-8H2,1-2H3,(H,19,26)(H,21,22)/b17-9-. The molecular formula is C16H18N4O5S. The van der Waals surface area contributed by atoms with E-state index in [1.54, 1.807) is 18.2 Å². The van der Waals surface area contributed by atoms with Crippen LogP contribution in [-0.2, 0) is 11.2 Å². The third-order valence-electron chi connectivity index (χ3n) is 3.32. The quantitative estimate of drug-likeness (QED) is 0.529. The normalized spacial score (nSPS) is 10.8. The van der Waals surface area contributed by atoms with Crippen LogP contribution in [0.25, 0.3) is 0 Å². The van der Waals surface area contributed by atoms with Gasteiger partial charge in [-0.3, -0.25) is 14.7 Å². The summed E-state index contributed by atoms with van der Waals surface area (Å²) in [6.45, 7) is 2.27. The number of H-pyrrole nitrogens is 1. The van der Waals surface area contributed by atoms with E-state index in [1.165, 1.54) is 13.3 Å². The summed E-state index contributed by atoms with van der Waals surface area (Å²) in [6, 6.07) is 5.26. The van der Waals surface area contributed by atoms with Crippen LogP contribution in [0, 0.1) is 4.77 Å². The van der Waals surface area contributed by atoms with E-state index in [0.717, 1.165) is 4.68 Å². The molecule has 0 unspecified atom stereocenters. The van der Waals surface area contributed by atoms with Crippen molar-refractivity contribution in [2.75, 3.05) is 13.7 Å². The Morgan fingerprint density at radius 2 is 2.27 bits per heavy atom. The minimum atomic E-state index is -1.03. The van der Waals surface area contributed by atoms with Gasteiger partial charge in [-0.05, 0) is 31.3 Å². The summed E-state index contributed by atoms with van der Waals surface area (Å²) in [4.78, 5) is 23.1. The summed E-state index contributed by atoms with van der Waals surface area (Å²) in [5.41, 5.74) is 0.0531. The molecule has 0 bridgehead atoms. The number of aromatic amines is 1. The Kier molecular flexibility index (Phi) is 6.61. The SMILES string of the molecule is CCOc1c(/C=N\n2c(=S)[nH]nc(CCC(=O)O)c2=O)cccc1OC. The highest BCUT2D eigenvalue weighted by molar-refractivity contribution is 7.71. The van der Waals surface area contributed by atoms with E-state index in [0.29, 0.717) is 23.7 Å². The minimum absolute atomic E-state index is 0.00817. The van der Waals surface area contributed by atoms with Crippen LogP contribution in [0.1, 0.15) is 24.6 Å². The molecule has 0 aliphatic rings. The summed E-state index contributed by atoms with van der Waals surface area (Å²) in [6.07, 6.45) is 1.17. The number of methoxy groups -OCH3 is 1. The molecule has 26 heavy (non-hydrogen) atoms. The molecule has 1 aromatic heterocycles. The summed E-state index contributed by atoms with van der Waals surface area (Å²) < 4.78 is 11.8. The maximum atomic E-state index is 12.4. The van der Waals surface area contributed by atoms with E-state index in [9.17, 15) is 9.59 Å². The Morgan fingerprint density at radius 1 is 1.50 bits per heavy atom. The largest absolute Gasteiger partial charge is 0.493 e. The molecule has 10 heteroatoms. The summed E-state index contributed by atoms with van der Waals surface area (Å²) in [5.74, 6) is -0.00373. The highest BCUT2D eigenvalue weighted by atomic mass is 32.1. The lowest BCUT2D eigenvalue weighted by Gasteiger charge is -2.11. The van der Waals surface area contributed by atoms with Crippen LogP contribution in [0.3, 0.4) is 0 Å². The first kappa shape index (κ1) is 19.3. The van der Waals surface area contributed by atoms with E-state index in [4.69, 9.17) is 26.8 Å². The van der Waals surface area contributed by atoms with Gasteiger partial charge in [0.1, 0.15) is 5.69 Å². The van der Waals surface area contributed by atoms with Gasteiger partial charge in [0, 0.05) is 12.0 Å². The van der Waals surface area contributed by atoms with Crippen molar-refractivity contribution in [1.82, 2.24) is 14.9 Å². The first-order valence-electron chi connectivity index (χ1n) is 7.74. The lowest BCUT2D eigenvalue weighted by molar-refractivity contribution is -0.136. The molecule has 0 aliphatic carbocycles. The van der Waals surface area contributed by atoms with Gasteiger partial charge in [0.2, 0.25) is 4.77 Å². The van der Waals surface area contributed by atoms with E-state index < -0.39 is 11.5 Å². The number of carboxylic acid groups (broad SMARTS) is 1. The van der Waals surface area contributed by atoms with Gasteiger partial charge in [-0.1, -0.05) is 6.07 Å². The van der Waals surface area contributed by atoms with Crippen molar-refractivity contribution < 1.29 is 19.4 Å². The molecule has 1 aromatic carbocycles. The van der Waals surface area contributed by atoms with Gasteiger partial charge in [0.15, 0.2) is 11.5 Å². The van der Waals surface area contributed by atoms with Gasteiger partial charge in [0.05, 0.1) is 26.4 Å². The summed E-state index contributed by atoms with van der Waals surface area (Å²) in [7, 11) is 1.52. The van der Waals surface area contributed by atoms with Gasteiger partial charge >= 0.3 is 5.97 Å². The number of para-hydroxylation sites is 1. The van der Waals surface area contributed by atoms with Crippen LogP contribution >= 0.6 is 12.2 Å². The molecule has 2 N–H and O–H groups in total. The molecule has 1 heterocycles. The molecule has 0 fully saturated rings. The zero-order chi connectivity index (χ0) is 19.1. The first-order valence-corrected chi connectivity index (χ1v) is 8.15. The predicted molar refractivity (Wildman–Crippen MR) is 96.8 cm³/mol. The maximum absolute atomic E-state index is 12.4. The zero-order valence-corrected chi connectivity index (χ0v) is 15.1. The van der Waals surface area contributed by atoms with Crippen molar-refractivity contribution in [3.05, 3.63) is 44.6 Å². The van der Waals surface area contributed by atoms with Crippen molar-refractivity contribution in [3.63, 3.8) is 0 Å². The number of hydrogen-bond acceptors (Lipinski definition) is 7. The monoisotopic (exact) mass is 378 g/mol. The average molecular weight is 378 g/mol. The molecule has 138 valence electrons. The maximum Gasteiger partial charge on any atom is 0.303 e. The van der Waals surface area contributed by atoms with E-state index in [1.807, 2.05) is 6.92 Å². The highest BCUT2D eigenvalue weighted by Gasteiger charge is 2.11. The summed E-state index contributed by atoms with van der Waals surface area (Å²) >= 11 is 5.04. The topological polar surface area (TPSA) is 119 Å². The summed E-state index contributed by atoms with van der Waals surface area (Å²) in [5, 5.41) is 19.1. The number of rotatable bonds is 8. The van der Waals surface area contributed by atoms with Gasteiger partial charge in [0.25, 0.3) is 5.56 Å². The van der Waals surface area contributed by atoms with Crippen LogP contribution in [-0.4, -0.2) is 45.9 Å². The van der Waals surface area contributed by atoms with Crippen LogP contribution in [0.5, 0.6) is 11.5 Å². The number of hydrogen-bond donors (Lipinski definition) is 2. The van der Waals surface area contributed by atoms with Crippen molar-refractivity contribution in [3.8, 4) is 11.5 Å². The van der Waals surface area contributed by atoms with Gasteiger partial charge < -0.3 is 14.6 Å². The van der Waals surface area contributed by atoms with Crippen LogP contribution in [0.15, 0.2) is 28.1 Å². The molecular weight excluding hydrogens is 360 g/mol. The molecule has 0 aliphatic heterocycles. The number of carbonyl (C=O) groups is 1. The second-order valence-corrected chi connectivity index (χ2v) is 5.43. The molecule has 0 spiro atoms. The fraction of sp³-hybridized carbons (Fsp3) is 0.312. The van der Waals surface area contributed by atoms with Crippen LogP contribution in [0.2, 0.25) is 0 Å². The van der Waals surface area contributed by atoms with E-state index in [-0.39, 0.29) is 23.3 Å².